The summed E-state index contributed by atoms with van der Waals surface area (Å²) in [6.45, 7) is 2.59. The summed E-state index contributed by atoms with van der Waals surface area (Å²) in [6.07, 6.45) is 0.890. The maximum atomic E-state index is 12.3. The normalized spacial score (nSPS) is 10.7. The van der Waals surface area contributed by atoms with Gasteiger partial charge < -0.3 is 9.84 Å². The first-order valence-corrected chi connectivity index (χ1v) is 7.77. The van der Waals surface area contributed by atoms with E-state index in [0.717, 1.165) is 6.42 Å². The largest absolute Gasteiger partial charge is 1.00 e. The molecule has 0 aliphatic carbocycles. The van der Waals surface area contributed by atoms with E-state index in [0.29, 0.717) is 12.4 Å². The van der Waals surface area contributed by atoms with Gasteiger partial charge in [-0.2, -0.15) is 0 Å². The molecule has 106 valence electrons. The average Bonchev–Trinajstić information content (AvgIpc) is 2.46. The predicted molar refractivity (Wildman–Crippen MR) is 73.6 cm³/mol. The minimum Gasteiger partial charge on any atom is -0.872 e. The summed E-state index contributed by atoms with van der Waals surface area (Å²) in [5.74, 6) is 0.424. The fourth-order valence-corrected chi connectivity index (χ4v) is 2.95. The fraction of sp³-hybridized carbons (Fsp3) is 0.200. The Hall–Kier alpha value is -1.01. The van der Waals surface area contributed by atoms with E-state index in [9.17, 15) is 13.5 Å². The van der Waals surface area contributed by atoms with E-state index in [4.69, 9.17) is 4.74 Å². The zero-order valence-corrected chi connectivity index (χ0v) is 14.9. The molecule has 0 fully saturated rings. The van der Waals surface area contributed by atoms with Crippen molar-refractivity contribution in [2.24, 2.45) is 0 Å². The van der Waals surface area contributed by atoms with Gasteiger partial charge in [0, 0.05) is 0 Å². The third kappa shape index (κ3) is 4.48. The van der Waals surface area contributed by atoms with Crippen LogP contribution in [0, 0.1) is 0 Å². The first-order valence-electron chi connectivity index (χ1n) is 6.29. The molecule has 21 heavy (non-hydrogen) atoms. The van der Waals surface area contributed by atoms with E-state index in [-0.39, 0.29) is 45.1 Å². The standard InChI is InChI=1S/C15H16O4S.Na/c1-2-11-19-13-5-9-15(10-6-13)20(17,18)14-7-3-12(16)4-8-14;/h3-10,16H,2,11H2,1H3;/q;+1/p-1. The Kier molecular flexibility index (Phi) is 6.74. The Bertz CT molecular complexity index is 664. The van der Waals surface area contributed by atoms with Crippen LogP contribution >= 0.6 is 0 Å². The van der Waals surface area contributed by atoms with Gasteiger partial charge in [-0.1, -0.05) is 19.1 Å². The quantitative estimate of drug-likeness (QED) is 0.690. The fourth-order valence-electron chi connectivity index (χ4n) is 1.69. The second kappa shape index (κ2) is 7.84. The van der Waals surface area contributed by atoms with E-state index in [1.165, 1.54) is 36.4 Å². The Labute approximate surface area is 147 Å². The van der Waals surface area contributed by atoms with Crippen LogP contribution in [0.1, 0.15) is 13.3 Å². The molecule has 4 nitrogen and oxygen atoms in total. The summed E-state index contributed by atoms with van der Waals surface area (Å²) in [6, 6.07) is 11.4. The van der Waals surface area contributed by atoms with Gasteiger partial charge in [0.25, 0.3) is 0 Å². The molecule has 0 bridgehead atoms. The number of hydrogen-bond donors (Lipinski definition) is 0. The molecule has 0 aliphatic rings. The monoisotopic (exact) mass is 314 g/mol. The van der Waals surface area contributed by atoms with Crippen molar-refractivity contribution in [3.8, 4) is 11.5 Å². The second-order valence-electron chi connectivity index (χ2n) is 4.29. The topological polar surface area (TPSA) is 66.4 Å². The molecule has 0 amide bonds. The van der Waals surface area contributed by atoms with Crippen molar-refractivity contribution >= 4 is 9.84 Å². The Morgan fingerprint density at radius 1 is 0.952 bits per heavy atom. The molecule has 0 spiro atoms. The second-order valence-corrected chi connectivity index (χ2v) is 6.24. The zero-order chi connectivity index (χ0) is 14.6. The zero-order valence-electron chi connectivity index (χ0n) is 12.1. The van der Waals surface area contributed by atoms with Crippen LogP contribution in [0.15, 0.2) is 58.3 Å². The molecule has 6 heteroatoms. The Morgan fingerprint density at radius 2 is 1.43 bits per heavy atom. The van der Waals surface area contributed by atoms with Gasteiger partial charge in [0.2, 0.25) is 9.84 Å². The summed E-state index contributed by atoms with van der Waals surface area (Å²) in [4.78, 5) is 0.291. The predicted octanol–water partition coefficient (Wildman–Crippen LogP) is -0.614. The van der Waals surface area contributed by atoms with Crippen LogP contribution in [0.5, 0.6) is 11.5 Å². The van der Waals surface area contributed by atoms with Crippen molar-refractivity contribution in [1.82, 2.24) is 0 Å². The minimum absolute atomic E-state index is 0. The summed E-state index contributed by atoms with van der Waals surface area (Å²) < 4.78 is 30.1. The van der Waals surface area contributed by atoms with E-state index < -0.39 is 9.84 Å². The van der Waals surface area contributed by atoms with Crippen LogP contribution in [0.25, 0.3) is 0 Å². The van der Waals surface area contributed by atoms with Gasteiger partial charge in [0.1, 0.15) is 5.75 Å². The van der Waals surface area contributed by atoms with Crippen LogP contribution in [-0.4, -0.2) is 15.0 Å². The number of sulfone groups is 1. The first-order chi connectivity index (χ1) is 9.54. The SMILES string of the molecule is CCCOc1ccc(S(=O)(=O)c2ccc([O-])cc2)cc1.[Na+]. The van der Waals surface area contributed by atoms with Gasteiger partial charge in [-0.25, -0.2) is 8.42 Å². The molecule has 0 saturated heterocycles. The maximum Gasteiger partial charge on any atom is 1.00 e. The van der Waals surface area contributed by atoms with E-state index in [2.05, 4.69) is 0 Å². The summed E-state index contributed by atoms with van der Waals surface area (Å²) in [7, 11) is -3.59. The van der Waals surface area contributed by atoms with Crippen molar-refractivity contribution in [3.63, 3.8) is 0 Å². The van der Waals surface area contributed by atoms with E-state index >= 15 is 0 Å². The number of hydrogen-bond acceptors (Lipinski definition) is 4. The van der Waals surface area contributed by atoms with Crippen LogP contribution in [-0.2, 0) is 9.84 Å². The van der Waals surface area contributed by atoms with Gasteiger partial charge in [0.15, 0.2) is 0 Å². The molecule has 0 N–H and O–H groups in total. The maximum absolute atomic E-state index is 12.3. The van der Waals surface area contributed by atoms with Gasteiger partial charge in [-0.3, -0.25) is 0 Å². The first kappa shape index (κ1) is 18.0. The number of ether oxygens (including phenoxy) is 1. The Balaban J connectivity index is 0.00000220. The molecule has 0 unspecified atom stereocenters. The van der Waals surface area contributed by atoms with Crippen molar-refractivity contribution < 1.29 is 47.8 Å². The van der Waals surface area contributed by atoms with Crippen molar-refractivity contribution in [1.29, 1.82) is 0 Å². The third-order valence-electron chi connectivity index (χ3n) is 2.74. The van der Waals surface area contributed by atoms with Crippen molar-refractivity contribution in [2.45, 2.75) is 23.1 Å². The van der Waals surface area contributed by atoms with Gasteiger partial charge in [-0.05, 0) is 42.8 Å². The molecule has 0 radical (unpaired) electrons. The van der Waals surface area contributed by atoms with Gasteiger partial charge in [0.05, 0.1) is 16.4 Å². The molecular formula is C15H15NaO4S. The van der Waals surface area contributed by atoms with E-state index in [1.54, 1.807) is 12.1 Å². The van der Waals surface area contributed by atoms with Crippen LogP contribution in [0.3, 0.4) is 0 Å². The molecule has 0 aromatic heterocycles. The molecule has 2 aromatic carbocycles. The molecule has 2 rings (SSSR count). The molecule has 0 saturated carbocycles. The molecule has 0 aliphatic heterocycles. The smallest absolute Gasteiger partial charge is 0.872 e. The van der Waals surface area contributed by atoms with Crippen LogP contribution < -0.4 is 39.4 Å². The minimum atomic E-state index is -3.59. The molecular weight excluding hydrogens is 299 g/mol. The van der Waals surface area contributed by atoms with E-state index in [1.807, 2.05) is 6.92 Å². The van der Waals surface area contributed by atoms with Crippen LogP contribution in [0.2, 0.25) is 0 Å². The van der Waals surface area contributed by atoms with Gasteiger partial charge >= 0.3 is 29.6 Å². The third-order valence-corrected chi connectivity index (χ3v) is 4.53. The summed E-state index contributed by atoms with van der Waals surface area (Å²) in [5, 5.41) is 11.0. The number of rotatable bonds is 5. The molecule has 2 aromatic rings. The summed E-state index contributed by atoms with van der Waals surface area (Å²) >= 11 is 0. The van der Waals surface area contributed by atoms with Crippen molar-refractivity contribution in [3.05, 3.63) is 48.5 Å². The number of benzene rings is 2. The summed E-state index contributed by atoms with van der Waals surface area (Å²) in [5.41, 5.74) is 0. The Morgan fingerprint density at radius 3 is 1.90 bits per heavy atom. The molecule has 0 heterocycles. The average molecular weight is 314 g/mol. The van der Waals surface area contributed by atoms with Crippen molar-refractivity contribution in [2.75, 3.05) is 6.61 Å². The molecule has 0 atom stereocenters. The van der Waals surface area contributed by atoms with Gasteiger partial charge in [-0.15, -0.1) is 5.75 Å². The van der Waals surface area contributed by atoms with Crippen LogP contribution in [0.4, 0.5) is 0 Å².